The monoisotopic (exact) mass is 437 g/mol. The van der Waals surface area contributed by atoms with Crippen molar-refractivity contribution in [3.63, 3.8) is 0 Å². The van der Waals surface area contributed by atoms with Crippen LogP contribution in [0.4, 0.5) is 11.6 Å². The first-order chi connectivity index (χ1) is 15.2. The van der Waals surface area contributed by atoms with Gasteiger partial charge in [-0.2, -0.15) is 0 Å². The molecule has 0 bridgehead atoms. The predicted octanol–water partition coefficient (Wildman–Crippen LogP) is 4.13. The van der Waals surface area contributed by atoms with Crippen LogP contribution in [-0.2, 0) is 24.2 Å². The lowest BCUT2D eigenvalue weighted by atomic mass is 10.1. The smallest absolute Gasteiger partial charge is 0.237 e. The van der Waals surface area contributed by atoms with E-state index in [1.54, 1.807) is 6.26 Å². The van der Waals surface area contributed by atoms with Crippen LogP contribution in [0.25, 0.3) is 0 Å². The molecule has 1 atom stereocenters. The summed E-state index contributed by atoms with van der Waals surface area (Å²) in [7, 11) is 0. The molecule has 31 heavy (non-hydrogen) atoms. The van der Waals surface area contributed by atoms with Crippen LogP contribution in [-0.4, -0.2) is 39.0 Å². The normalized spacial score (nSPS) is 16.5. The first-order valence-corrected chi connectivity index (χ1v) is 11.9. The number of thioether (sulfide) groups is 1. The molecule has 8 heteroatoms. The van der Waals surface area contributed by atoms with Gasteiger partial charge in [0.1, 0.15) is 5.76 Å². The van der Waals surface area contributed by atoms with Gasteiger partial charge in [-0.3, -0.25) is 9.36 Å². The number of furan rings is 1. The molecular weight excluding hydrogens is 410 g/mol. The average Bonchev–Trinajstić information content (AvgIpc) is 3.56. The molecule has 1 aliphatic heterocycles. The van der Waals surface area contributed by atoms with Gasteiger partial charge >= 0.3 is 0 Å². The Hall–Kier alpha value is -2.74. The summed E-state index contributed by atoms with van der Waals surface area (Å²) in [5, 5.41) is 12.4. The summed E-state index contributed by atoms with van der Waals surface area (Å²) in [5.74, 6) is 1.66. The van der Waals surface area contributed by atoms with Gasteiger partial charge in [0.15, 0.2) is 5.16 Å². The largest absolute Gasteiger partial charge is 0.467 e. The number of rotatable bonds is 7. The number of hydrogen-bond donors (Lipinski definition) is 1. The molecule has 1 fully saturated rings. The Bertz CT molecular complexity index is 1060. The van der Waals surface area contributed by atoms with Gasteiger partial charge in [-0.25, -0.2) is 0 Å². The number of hydrogen-bond acceptors (Lipinski definition) is 6. The van der Waals surface area contributed by atoms with Crippen molar-refractivity contribution in [2.45, 2.75) is 56.0 Å². The molecule has 162 valence electrons. The Morgan fingerprint density at radius 2 is 2.00 bits per heavy atom. The summed E-state index contributed by atoms with van der Waals surface area (Å²) < 4.78 is 7.63. The van der Waals surface area contributed by atoms with Crippen LogP contribution < -0.4 is 10.2 Å². The van der Waals surface area contributed by atoms with Crippen molar-refractivity contribution in [3.8, 4) is 0 Å². The zero-order chi connectivity index (χ0) is 21.2. The molecule has 0 spiro atoms. The van der Waals surface area contributed by atoms with E-state index in [0.29, 0.717) is 6.54 Å². The summed E-state index contributed by atoms with van der Waals surface area (Å²) in [5.41, 5.74) is 3.63. The van der Waals surface area contributed by atoms with E-state index in [1.807, 2.05) is 25.1 Å². The summed E-state index contributed by atoms with van der Waals surface area (Å²) in [6.07, 6.45) is 7.43. The fourth-order valence-corrected chi connectivity index (χ4v) is 5.16. The molecule has 1 aliphatic carbocycles. The van der Waals surface area contributed by atoms with Gasteiger partial charge in [0.25, 0.3) is 0 Å². The van der Waals surface area contributed by atoms with Crippen LogP contribution in [0, 0.1) is 0 Å². The number of anilines is 2. The lowest BCUT2D eigenvalue weighted by molar-refractivity contribution is -0.115. The maximum absolute atomic E-state index is 12.9. The van der Waals surface area contributed by atoms with E-state index < -0.39 is 0 Å². The summed E-state index contributed by atoms with van der Waals surface area (Å²) in [6.45, 7) is 4.42. The SMILES string of the molecule is CC(Sc1nnc(N2CCCC2)n1Cc1ccco1)C(=O)Nc1ccc2c(c1)CCC2. The highest BCUT2D eigenvalue weighted by Crippen LogP contribution is 2.30. The van der Waals surface area contributed by atoms with Gasteiger partial charge in [-0.15, -0.1) is 10.2 Å². The van der Waals surface area contributed by atoms with Gasteiger partial charge < -0.3 is 14.6 Å². The van der Waals surface area contributed by atoms with Crippen LogP contribution in [0.1, 0.15) is 43.1 Å². The third kappa shape index (κ3) is 4.35. The third-order valence-electron chi connectivity index (χ3n) is 6.00. The average molecular weight is 438 g/mol. The summed E-state index contributed by atoms with van der Waals surface area (Å²) in [6, 6.07) is 10.1. The van der Waals surface area contributed by atoms with Crippen LogP contribution in [0.3, 0.4) is 0 Å². The lowest BCUT2D eigenvalue weighted by Crippen LogP contribution is -2.24. The maximum Gasteiger partial charge on any atom is 0.237 e. The summed E-state index contributed by atoms with van der Waals surface area (Å²) in [4.78, 5) is 15.1. The van der Waals surface area contributed by atoms with E-state index >= 15 is 0 Å². The van der Waals surface area contributed by atoms with Crippen LogP contribution in [0.5, 0.6) is 0 Å². The molecule has 2 aromatic heterocycles. The molecule has 1 amide bonds. The van der Waals surface area contributed by atoms with Crippen molar-refractivity contribution in [2.75, 3.05) is 23.3 Å². The first-order valence-electron chi connectivity index (χ1n) is 11.0. The number of aromatic nitrogens is 3. The molecule has 0 saturated carbocycles. The number of carbonyl (C=O) groups is 1. The zero-order valence-corrected chi connectivity index (χ0v) is 18.5. The zero-order valence-electron chi connectivity index (χ0n) is 17.7. The highest BCUT2D eigenvalue weighted by atomic mass is 32.2. The van der Waals surface area contributed by atoms with Crippen molar-refractivity contribution < 1.29 is 9.21 Å². The highest BCUT2D eigenvalue weighted by molar-refractivity contribution is 8.00. The van der Waals surface area contributed by atoms with Crippen molar-refractivity contribution >= 4 is 29.3 Å². The van der Waals surface area contributed by atoms with Crippen molar-refractivity contribution in [1.82, 2.24) is 14.8 Å². The Balaban J connectivity index is 1.31. The molecule has 7 nitrogen and oxygen atoms in total. The molecule has 2 aliphatic rings. The van der Waals surface area contributed by atoms with E-state index in [9.17, 15) is 4.79 Å². The summed E-state index contributed by atoms with van der Waals surface area (Å²) >= 11 is 1.43. The highest BCUT2D eigenvalue weighted by Gasteiger charge is 2.25. The van der Waals surface area contributed by atoms with Gasteiger partial charge in [0.2, 0.25) is 11.9 Å². The van der Waals surface area contributed by atoms with Crippen molar-refractivity contribution in [2.24, 2.45) is 0 Å². The topological polar surface area (TPSA) is 76.2 Å². The van der Waals surface area contributed by atoms with E-state index in [4.69, 9.17) is 4.42 Å². The standard InChI is InChI=1S/C23H27N5O2S/c1-16(21(29)24-19-10-9-17-6-4-7-18(17)14-19)31-23-26-25-22(27-11-2-3-12-27)28(23)15-20-8-5-13-30-20/h5,8-10,13-14,16H,2-4,6-7,11-12,15H2,1H3,(H,24,29). The molecule has 1 aromatic carbocycles. The third-order valence-corrected chi connectivity index (χ3v) is 7.08. The minimum atomic E-state index is -0.306. The molecule has 0 radical (unpaired) electrons. The second-order valence-electron chi connectivity index (χ2n) is 8.23. The van der Waals surface area contributed by atoms with E-state index in [1.165, 1.54) is 29.3 Å². The molecule has 1 unspecified atom stereocenters. The fourth-order valence-electron chi connectivity index (χ4n) is 4.32. The molecule has 1 N–H and O–H groups in total. The lowest BCUT2D eigenvalue weighted by Gasteiger charge is -2.18. The molecule has 3 heterocycles. The quantitative estimate of drug-likeness (QED) is 0.560. The Kier molecular flexibility index (Phi) is 5.72. The van der Waals surface area contributed by atoms with Gasteiger partial charge in [0.05, 0.1) is 18.1 Å². The van der Waals surface area contributed by atoms with E-state index in [0.717, 1.165) is 61.3 Å². The minimum absolute atomic E-state index is 0.0294. The van der Waals surface area contributed by atoms with E-state index in [-0.39, 0.29) is 11.2 Å². The molecule has 3 aromatic rings. The molecule has 1 saturated heterocycles. The van der Waals surface area contributed by atoms with Crippen LogP contribution in [0.15, 0.2) is 46.2 Å². The second-order valence-corrected chi connectivity index (χ2v) is 9.54. The maximum atomic E-state index is 12.9. The Labute approximate surface area is 186 Å². The van der Waals surface area contributed by atoms with Crippen molar-refractivity contribution in [3.05, 3.63) is 53.5 Å². The number of fused-ring (bicyclic) bond motifs is 1. The fraction of sp³-hybridized carbons (Fsp3) is 0.435. The van der Waals surface area contributed by atoms with E-state index in [2.05, 4.69) is 37.1 Å². The van der Waals surface area contributed by atoms with Crippen molar-refractivity contribution in [1.29, 1.82) is 0 Å². The number of nitrogens with zero attached hydrogens (tertiary/aromatic N) is 4. The number of aryl methyl sites for hydroxylation is 2. The number of nitrogens with one attached hydrogen (secondary N) is 1. The van der Waals surface area contributed by atoms with Crippen LogP contribution in [0.2, 0.25) is 0 Å². The number of benzene rings is 1. The minimum Gasteiger partial charge on any atom is -0.467 e. The van der Waals surface area contributed by atoms with Gasteiger partial charge in [-0.1, -0.05) is 17.8 Å². The Morgan fingerprint density at radius 1 is 1.16 bits per heavy atom. The molecular formula is C23H27N5O2S. The van der Waals surface area contributed by atoms with Gasteiger partial charge in [-0.05, 0) is 74.4 Å². The Morgan fingerprint density at radius 3 is 2.81 bits per heavy atom. The number of carbonyl (C=O) groups excluding carboxylic acids is 1. The van der Waals surface area contributed by atoms with Crippen LogP contribution >= 0.6 is 11.8 Å². The van der Waals surface area contributed by atoms with Gasteiger partial charge in [0, 0.05) is 18.8 Å². The second kappa shape index (κ2) is 8.78. The number of amides is 1. The predicted molar refractivity (Wildman–Crippen MR) is 122 cm³/mol. The first kappa shape index (κ1) is 20.2. The molecule has 5 rings (SSSR count).